The van der Waals surface area contributed by atoms with Crippen LogP contribution in [0.2, 0.25) is 5.04 Å². The van der Waals surface area contributed by atoms with Gasteiger partial charge in [-0.1, -0.05) is 94.1 Å². The molecule has 3 aromatic carbocycles. The fourth-order valence-corrected chi connectivity index (χ4v) is 14.6. The molecule has 2 bridgehead atoms. The number of piperidine rings is 1. The molecule has 8 rings (SSSR count). The summed E-state index contributed by atoms with van der Waals surface area (Å²) in [4.78, 5) is 0. The van der Waals surface area contributed by atoms with E-state index in [1.54, 1.807) is 0 Å². The molecule has 0 aromatic heterocycles. The Morgan fingerprint density at radius 2 is 1.60 bits per heavy atom. The molecular weight excluding hydrogens is 579 g/mol. The topological polar surface area (TPSA) is 57.2 Å². The summed E-state index contributed by atoms with van der Waals surface area (Å²) in [5.74, 6) is 0.662. The first-order chi connectivity index (χ1) is 21.5. The molecule has 236 valence electrons. The zero-order valence-electron chi connectivity index (χ0n) is 27.1. The highest BCUT2D eigenvalue weighted by molar-refractivity contribution is 7.00. The van der Waals surface area contributed by atoms with Gasteiger partial charge in [-0.2, -0.15) is 0 Å². The number of hydrogen-bond donors (Lipinski definition) is 1. The highest BCUT2D eigenvalue weighted by Crippen LogP contribution is 2.69. The fourth-order valence-electron chi connectivity index (χ4n) is 10.2. The summed E-state index contributed by atoms with van der Waals surface area (Å²) in [7, 11) is -0.651. The van der Waals surface area contributed by atoms with Gasteiger partial charge in [0.2, 0.25) is 5.79 Å². The van der Waals surface area contributed by atoms with Gasteiger partial charge in [-0.15, -0.1) is 0 Å². The average molecular weight is 625 g/mol. The minimum absolute atomic E-state index is 0.0241. The normalized spacial score (nSPS) is 32.6. The summed E-state index contributed by atoms with van der Waals surface area (Å²) in [6, 6.07) is 25.9. The molecule has 0 amide bonds. The van der Waals surface area contributed by atoms with Gasteiger partial charge in [0.1, 0.15) is 17.4 Å². The molecule has 2 aliphatic carbocycles. The van der Waals surface area contributed by atoms with E-state index < -0.39 is 31.2 Å². The largest absolute Gasteiger partial charge is 0.531 e. The first kappa shape index (κ1) is 29.5. The van der Waals surface area contributed by atoms with Gasteiger partial charge in [0.05, 0.1) is 38.8 Å². The molecular formula is C38H46NO5Si+. The van der Waals surface area contributed by atoms with Gasteiger partial charge in [0, 0.05) is 24.8 Å². The van der Waals surface area contributed by atoms with E-state index in [-0.39, 0.29) is 11.1 Å². The van der Waals surface area contributed by atoms with Crippen molar-refractivity contribution >= 4 is 18.7 Å². The van der Waals surface area contributed by atoms with E-state index >= 15 is 0 Å². The lowest BCUT2D eigenvalue weighted by Crippen LogP contribution is -2.82. The van der Waals surface area contributed by atoms with Crippen molar-refractivity contribution in [1.29, 1.82) is 0 Å². The summed E-state index contributed by atoms with van der Waals surface area (Å²) >= 11 is 0. The van der Waals surface area contributed by atoms with Crippen molar-refractivity contribution < 1.29 is 28.2 Å². The Balaban J connectivity index is 1.36. The summed E-state index contributed by atoms with van der Waals surface area (Å²) in [5, 5.41) is 15.4. The molecule has 1 N–H and O–H groups in total. The number of ether oxygens (including phenoxy) is 3. The number of fused-ring (bicyclic) bond motifs is 1. The van der Waals surface area contributed by atoms with E-state index in [9.17, 15) is 5.11 Å². The second-order valence-corrected chi connectivity index (χ2v) is 19.5. The first-order valence-corrected chi connectivity index (χ1v) is 18.5. The molecule has 5 aliphatic rings. The lowest BCUT2D eigenvalue weighted by Gasteiger charge is -2.66. The Morgan fingerprint density at radius 1 is 0.956 bits per heavy atom. The van der Waals surface area contributed by atoms with Crippen LogP contribution in [0, 0.1) is 0 Å². The van der Waals surface area contributed by atoms with E-state index in [0.29, 0.717) is 26.1 Å². The first-order valence-electron chi connectivity index (χ1n) is 16.6. The van der Waals surface area contributed by atoms with Gasteiger partial charge in [-0.05, 0) is 39.5 Å². The number of quaternary nitrogens is 1. The molecule has 7 heteroatoms. The highest BCUT2D eigenvalue weighted by atomic mass is 28.4. The van der Waals surface area contributed by atoms with Gasteiger partial charge >= 0.3 is 8.32 Å². The standard InChI is InChI=1S/C38H46NO5Si/c1-6-22-39(5)23-21-36-32-27-17-18-30(33(32)43-34(36)38(41-24-25-42-38)20-19-37(36,40)31(39)26-27)44-45(35(2,3)4,28-13-9-7-10-14-28)29-15-11-8-12-16-29/h6-18,31,34,40H,1,19-26H2,2-5H3/q+1/t31?,34?,36?,37-,39+/m1/s1. The molecule has 5 atom stereocenters. The highest BCUT2D eigenvalue weighted by Gasteiger charge is 2.80. The van der Waals surface area contributed by atoms with Gasteiger partial charge in [0.25, 0.3) is 0 Å². The summed E-state index contributed by atoms with van der Waals surface area (Å²) in [5.41, 5.74) is 0.764. The van der Waals surface area contributed by atoms with Crippen molar-refractivity contribution in [1.82, 2.24) is 0 Å². The lowest BCUT2D eigenvalue weighted by atomic mass is 9.47. The predicted molar refractivity (Wildman–Crippen MR) is 178 cm³/mol. The summed E-state index contributed by atoms with van der Waals surface area (Å²) in [6.07, 6.45) is 4.35. The third-order valence-corrected chi connectivity index (χ3v) is 17.0. The molecule has 2 spiro atoms. The molecule has 3 aromatic rings. The van der Waals surface area contributed by atoms with Crippen LogP contribution >= 0.6 is 0 Å². The Morgan fingerprint density at radius 3 is 2.20 bits per heavy atom. The van der Waals surface area contributed by atoms with Gasteiger partial charge in [-0.25, -0.2) is 0 Å². The molecule has 1 saturated carbocycles. The SMILES string of the molecule is C=CC[N@@+]1(C)CCC23c4c5ccc(O[Si](c6ccccc6)(c6ccccc6)C(C)(C)C)c4OC2C2(CC[C@@]3(O)C1C5)OCCO2. The third kappa shape index (κ3) is 3.70. The Labute approximate surface area is 268 Å². The molecule has 3 aliphatic heterocycles. The number of rotatable bonds is 6. The lowest BCUT2D eigenvalue weighted by molar-refractivity contribution is -0.944. The predicted octanol–water partition coefficient (Wildman–Crippen LogP) is 4.85. The maximum Gasteiger partial charge on any atom is 0.320 e. The molecule has 3 fully saturated rings. The molecule has 6 nitrogen and oxygen atoms in total. The second kappa shape index (κ2) is 9.78. The number of aliphatic hydroxyl groups is 1. The van der Waals surface area contributed by atoms with Crippen LogP contribution in [0.5, 0.6) is 11.5 Å². The van der Waals surface area contributed by atoms with Crippen molar-refractivity contribution in [2.75, 3.05) is 33.4 Å². The Kier molecular flexibility index (Phi) is 6.40. The molecule has 0 radical (unpaired) electrons. The molecule has 2 saturated heterocycles. The number of hydrogen-bond acceptors (Lipinski definition) is 5. The zero-order chi connectivity index (χ0) is 31.3. The number of benzene rings is 3. The average Bonchev–Trinajstić information content (AvgIpc) is 3.65. The fraction of sp³-hybridized carbons (Fsp3) is 0.474. The van der Waals surface area contributed by atoms with Crippen LogP contribution in [0.4, 0.5) is 0 Å². The third-order valence-electron chi connectivity index (χ3n) is 12.1. The minimum atomic E-state index is -2.94. The van der Waals surface area contributed by atoms with Crippen molar-refractivity contribution in [2.24, 2.45) is 0 Å². The van der Waals surface area contributed by atoms with Crippen molar-refractivity contribution in [3.8, 4) is 11.5 Å². The van der Waals surface area contributed by atoms with Crippen molar-refractivity contribution in [3.05, 3.63) is 96.6 Å². The molecule has 3 heterocycles. The van der Waals surface area contributed by atoms with Gasteiger partial charge < -0.3 is 28.2 Å². The quantitative estimate of drug-likeness (QED) is 0.242. The van der Waals surface area contributed by atoms with Crippen LogP contribution in [-0.2, 0) is 21.3 Å². The van der Waals surface area contributed by atoms with E-state index in [4.69, 9.17) is 18.6 Å². The van der Waals surface area contributed by atoms with E-state index in [2.05, 4.69) is 107 Å². The van der Waals surface area contributed by atoms with Crippen LogP contribution in [0.15, 0.2) is 85.5 Å². The maximum atomic E-state index is 13.2. The van der Waals surface area contributed by atoms with Crippen LogP contribution in [-0.4, -0.2) is 74.8 Å². The Bertz CT molecular complexity index is 1590. The summed E-state index contributed by atoms with van der Waals surface area (Å²) in [6.45, 7) is 13.8. The van der Waals surface area contributed by atoms with Crippen molar-refractivity contribution in [2.45, 2.75) is 80.4 Å². The van der Waals surface area contributed by atoms with E-state index in [1.807, 2.05) is 6.08 Å². The van der Waals surface area contributed by atoms with Gasteiger partial charge in [0.15, 0.2) is 11.9 Å². The summed E-state index contributed by atoms with van der Waals surface area (Å²) < 4.78 is 28.6. The smallest absolute Gasteiger partial charge is 0.320 e. The van der Waals surface area contributed by atoms with Crippen LogP contribution < -0.4 is 19.5 Å². The maximum absolute atomic E-state index is 13.2. The number of likely N-dealkylation sites (N-methyl/N-ethyl adjacent to an activating group) is 1. The molecule has 3 unspecified atom stereocenters. The van der Waals surface area contributed by atoms with Crippen LogP contribution in [0.1, 0.15) is 51.2 Å². The van der Waals surface area contributed by atoms with Crippen LogP contribution in [0.25, 0.3) is 0 Å². The van der Waals surface area contributed by atoms with Crippen LogP contribution in [0.3, 0.4) is 0 Å². The number of likely N-dealkylation sites (tertiary alicyclic amines) is 1. The minimum Gasteiger partial charge on any atom is -0.531 e. The zero-order valence-corrected chi connectivity index (χ0v) is 28.1. The Hall–Kier alpha value is -2.94. The monoisotopic (exact) mass is 624 g/mol. The second-order valence-electron chi connectivity index (χ2n) is 15.2. The van der Waals surface area contributed by atoms with E-state index in [1.165, 1.54) is 15.9 Å². The van der Waals surface area contributed by atoms with Gasteiger partial charge in [-0.3, -0.25) is 0 Å². The van der Waals surface area contributed by atoms with E-state index in [0.717, 1.165) is 47.5 Å². The molecule has 45 heavy (non-hydrogen) atoms. The van der Waals surface area contributed by atoms with Crippen molar-refractivity contribution in [3.63, 3.8) is 0 Å². The number of nitrogens with zero attached hydrogens (tertiary/aromatic N) is 1.